The minimum Gasteiger partial charge on any atom is -0.497 e. The molecule has 2 aliphatic heterocycles. The van der Waals surface area contributed by atoms with Crippen molar-refractivity contribution >= 4 is 44.0 Å². The summed E-state index contributed by atoms with van der Waals surface area (Å²) in [6, 6.07) is 18.1. The molecule has 3 aromatic carbocycles. The molecule has 4 heterocycles. The lowest BCUT2D eigenvalue weighted by Crippen LogP contribution is -2.44. The number of carbonyl (C=O) groups excluding carboxylic acids is 2. The second-order valence-electron chi connectivity index (χ2n) is 16.2. The smallest absolute Gasteiger partial charge is 0.303 e. The van der Waals surface area contributed by atoms with Crippen LogP contribution in [-0.2, 0) is 21.5 Å². The average molecular weight is 749 g/mol. The molecule has 11 nitrogen and oxygen atoms in total. The van der Waals surface area contributed by atoms with Crippen molar-refractivity contribution in [1.29, 1.82) is 0 Å². The highest BCUT2D eigenvalue weighted by Crippen LogP contribution is 2.66. The molecule has 2 unspecified atom stereocenters. The minimum absolute atomic E-state index is 0.0253. The quantitative estimate of drug-likeness (QED) is 0.185. The molecule has 2 atom stereocenters. The number of rotatable bonds is 7. The Morgan fingerprint density at radius 2 is 1.74 bits per heavy atom. The van der Waals surface area contributed by atoms with Gasteiger partial charge in [0, 0.05) is 67.6 Å². The van der Waals surface area contributed by atoms with Crippen LogP contribution in [0.4, 0.5) is 0 Å². The molecule has 9 rings (SSSR count). The lowest BCUT2D eigenvalue weighted by atomic mass is 9.81. The maximum absolute atomic E-state index is 15.0. The maximum Gasteiger partial charge on any atom is 0.303 e. The fourth-order valence-corrected chi connectivity index (χ4v) is 10.2. The molecule has 2 saturated carbocycles. The Balaban J connectivity index is 1.12. The van der Waals surface area contributed by atoms with Crippen LogP contribution in [0.15, 0.2) is 54.6 Å². The average Bonchev–Trinajstić information content (AvgIpc) is 3.65. The van der Waals surface area contributed by atoms with Gasteiger partial charge in [-0.25, -0.2) is 9.71 Å². The van der Waals surface area contributed by atoms with Crippen LogP contribution in [0.2, 0.25) is 0 Å². The van der Waals surface area contributed by atoms with Crippen LogP contribution in [0.3, 0.4) is 0 Å². The van der Waals surface area contributed by atoms with Gasteiger partial charge in [0.15, 0.2) is 0 Å². The molecule has 0 bridgehead atoms. The van der Waals surface area contributed by atoms with E-state index in [1.165, 1.54) is 31.6 Å². The summed E-state index contributed by atoms with van der Waals surface area (Å²) in [5.74, 6) is 1.89. The zero-order valence-corrected chi connectivity index (χ0v) is 32.3. The molecule has 54 heavy (non-hydrogen) atoms. The number of aryl methyl sites for hydroxylation is 1. The highest BCUT2D eigenvalue weighted by Gasteiger charge is 2.64. The third kappa shape index (κ3) is 5.71. The number of nitrogens with one attached hydrogen (secondary N) is 2. The predicted molar refractivity (Wildman–Crippen MR) is 209 cm³/mol. The highest BCUT2D eigenvalue weighted by atomic mass is 32.2. The van der Waals surface area contributed by atoms with Gasteiger partial charge in [-0.15, -0.1) is 0 Å². The van der Waals surface area contributed by atoms with Crippen LogP contribution >= 0.6 is 0 Å². The summed E-state index contributed by atoms with van der Waals surface area (Å²) in [5.41, 5.74) is 8.34. The number of methoxy groups -OCH3 is 1. The fraction of sp³-hybridized carbons (Fsp3) is 0.452. The summed E-state index contributed by atoms with van der Waals surface area (Å²) < 4.78 is 36.6. The van der Waals surface area contributed by atoms with Gasteiger partial charge < -0.3 is 19.2 Å². The van der Waals surface area contributed by atoms with E-state index in [4.69, 9.17) is 9.72 Å². The first-order valence-corrected chi connectivity index (χ1v) is 20.8. The summed E-state index contributed by atoms with van der Waals surface area (Å²) in [4.78, 5) is 39.0. The summed E-state index contributed by atoms with van der Waals surface area (Å²) in [6.45, 7) is 3.89. The van der Waals surface area contributed by atoms with E-state index in [9.17, 15) is 13.2 Å². The summed E-state index contributed by atoms with van der Waals surface area (Å²) in [7, 11) is 0.474. The number of piperidine rings is 1. The van der Waals surface area contributed by atoms with Crippen molar-refractivity contribution in [2.45, 2.75) is 82.6 Å². The number of fused-ring (bicyclic) bond motifs is 8. The van der Waals surface area contributed by atoms with Crippen molar-refractivity contribution in [3.05, 3.63) is 82.7 Å². The lowest BCUT2D eigenvalue weighted by Gasteiger charge is -2.34. The van der Waals surface area contributed by atoms with Crippen LogP contribution in [-0.4, -0.2) is 78.3 Å². The number of aromatic amines is 1. The monoisotopic (exact) mass is 748 g/mol. The number of hydrogen-bond acceptors (Lipinski definition) is 6. The summed E-state index contributed by atoms with van der Waals surface area (Å²) in [5, 5.41) is 1.06. The molecular formula is C42H48N6O5S. The van der Waals surface area contributed by atoms with E-state index in [1.807, 2.05) is 18.2 Å². The molecule has 4 aliphatic rings. The normalized spacial score (nSPS) is 21.8. The Kier molecular flexibility index (Phi) is 8.42. The Bertz CT molecular complexity index is 2440. The van der Waals surface area contributed by atoms with Crippen molar-refractivity contribution in [3.63, 3.8) is 0 Å². The van der Waals surface area contributed by atoms with Crippen molar-refractivity contribution in [2.75, 3.05) is 34.3 Å². The van der Waals surface area contributed by atoms with Gasteiger partial charge in [-0.1, -0.05) is 31.4 Å². The van der Waals surface area contributed by atoms with Crippen molar-refractivity contribution in [1.82, 2.24) is 28.5 Å². The summed E-state index contributed by atoms with van der Waals surface area (Å²) in [6.07, 6.45) is 8.10. The number of ether oxygens (including phenoxy) is 1. The molecular weight excluding hydrogens is 701 g/mol. The Labute approximate surface area is 316 Å². The number of aromatic nitrogens is 3. The number of amides is 2. The number of imidazole rings is 1. The maximum atomic E-state index is 15.0. The lowest BCUT2D eigenvalue weighted by molar-refractivity contribution is -0.138. The molecule has 2 aromatic heterocycles. The third-order valence-corrected chi connectivity index (χ3v) is 14.1. The molecule has 12 heteroatoms. The highest BCUT2D eigenvalue weighted by molar-refractivity contribution is 7.87. The first kappa shape index (κ1) is 35.0. The molecule has 0 spiro atoms. The number of carbonyl (C=O) groups is 2. The molecule has 282 valence electrons. The second kappa shape index (κ2) is 13.0. The van der Waals surface area contributed by atoms with E-state index in [0.717, 1.165) is 99.6 Å². The molecule has 0 radical (unpaired) electrons. The van der Waals surface area contributed by atoms with Crippen LogP contribution in [0.1, 0.15) is 102 Å². The van der Waals surface area contributed by atoms with Gasteiger partial charge in [-0.2, -0.15) is 12.7 Å². The van der Waals surface area contributed by atoms with Gasteiger partial charge in [-0.3, -0.25) is 9.59 Å². The van der Waals surface area contributed by atoms with Crippen LogP contribution in [0.25, 0.3) is 33.2 Å². The second-order valence-corrected chi connectivity index (χ2v) is 18.1. The van der Waals surface area contributed by atoms with Gasteiger partial charge >= 0.3 is 10.2 Å². The number of H-pyrrole nitrogens is 1. The van der Waals surface area contributed by atoms with Crippen molar-refractivity contribution < 1.29 is 22.7 Å². The number of benzene rings is 3. The Morgan fingerprint density at radius 3 is 2.48 bits per heavy atom. The van der Waals surface area contributed by atoms with E-state index in [2.05, 4.69) is 56.4 Å². The van der Waals surface area contributed by atoms with Gasteiger partial charge in [0.25, 0.3) is 5.91 Å². The predicted octanol–water partition coefficient (Wildman–Crippen LogP) is 6.98. The van der Waals surface area contributed by atoms with Crippen LogP contribution in [0.5, 0.6) is 5.75 Å². The first-order chi connectivity index (χ1) is 26.0. The van der Waals surface area contributed by atoms with E-state index in [0.29, 0.717) is 25.6 Å². The van der Waals surface area contributed by atoms with E-state index >= 15 is 4.79 Å². The number of likely N-dealkylation sites (tertiary alicyclic amines) is 1. The zero-order chi connectivity index (χ0) is 37.5. The third-order valence-electron chi connectivity index (χ3n) is 12.7. The number of nitrogens with zero attached hydrogens (tertiary/aromatic N) is 4. The minimum atomic E-state index is -3.99. The Morgan fingerprint density at radius 1 is 0.963 bits per heavy atom. The van der Waals surface area contributed by atoms with Gasteiger partial charge in [0.2, 0.25) is 5.91 Å². The van der Waals surface area contributed by atoms with Crippen LogP contribution in [0, 0.1) is 12.3 Å². The van der Waals surface area contributed by atoms with E-state index in [-0.39, 0.29) is 23.3 Å². The number of hydrogen-bond donors (Lipinski definition) is 2. The topological polar surface area (TPSA) is 130 Å². The van der Waals surface area contributed by atoms with Gasteiger partial charge in [0.1, 0.15) is 11.6 Å². The van der Waals surface area contributed by atoms with E-state index < -0.39 is 21.5 Å². The SMILES string of the molecule is COc1ccc2c(c1)C1CC1(C(=O)N1CCC(c3nc4ccc(C)cc4[nH]3)CC1)Cn1c-2c(C2CCCCC2)c2ccc(C(=O)NS(=O)(=O)N(C)C)cc21. The molecule has 2 amide bonds. The zero-order valence-electron chi connectivity index (χ0n) is 31.4. The molecule has 5 aromatic rings. The molecule has 3 fully saturated rings. The van der Waals surface area contributed by atoms with E-state index in [1.54, 1.807) is 13.2 Å². The molecule has 1 saturated heterocycles. The molecule has 2 N–H and O–H groups in total. The molecule has 2 aliphatic carbocycles. The van der Waals surface area contributed by atoms with Gasteiger partial charge in [-0.05, 0) is 104 Å². The van der Waals surface area contributed by atoms with Gasteiger partial charge in [0.05, 0.1) is 29.3 Å². The first-order valence-electron chi connectivity index (χ1n) is 19.3. The standard InChI is InChI=1S/C42H48N6O5S/c1-25-10-15-34-35(20-25)44-39(43-34)27-16-18-47(19-17-27)41(50)42-23-33(42)32-22-29(53-4)12-14-30(32)38-37(26-8-6-5-7-9-26)31-13-11-28(21-36(31)48(38)24-42)40(49)45-54(51,52)46(2)3/h10-15,20-22,26-27,33H,5-9,16-19,23-24H2,1-4H3,(H,43,44)(H,45,49). The van der Waals surface area contributed by atoms with Crippen LogP contribution < -0.4 is 9.46 Å². The van der Waals surface area contributed by atoms with Crippen molar-refractivity contribution in [3.8, 4) is 17.0 Å². The summed E-state index contributed by atoms with van der Waals surface area (Å²) >= 11 is 0. The largest absolute Gasteiger partial charge is 0.497 e. The van der Waals surface area contributed by atoms with Crippen molar-refractivity contribution in [2.24, 2.45) is 5.41 Å². The Hall–Kier alpha value is -4.68. The fourth-order valence-electron chi connectivity index (χ4n) is 9.70.